The maximum Gasteiger partial charge on any atom is 0.193 e. The number of ether oxygens (including phenoxy) is 2. The van der Waals surface area contributed by atoms with Gasteiger partial charge in [0.15, 0.2) is 5.96 Å². The maximum atomic E-state index is 5.97. The number of likely N-dealkylation sites (tertiary alicyclic amines) is 1. The fourth-order valence-corrected chi connectivity index (χ4v) is 3.56. The molecule has 1 N–H and O–H groups in total. The SMILES string of the molecule is CCCN(CCC)CCCN=C(NCC)N1CCC(OCCCOC)CC1. The number of nitrogens with one attached hydrogen (secondary N) is 1. The lowest BCUT2D eigenvalue weighted by Gasteiger charge is -2.34. The van der Waals surface area contributed by atoms with Crippen molar-refractivity contribution in [2.24, 2.45) is 4.99 Å². The van der Waals surface area contributed by atoms with E-state index in [4.69, 9.17) is 14.5 Å². The van der Waals surface area contributed by atoms with Crippen molar-refractivity contribution < 1.29 is 9.47 Å². The van der Waals surface area contributed by atoms with E-state index >= 15 is 0 Å². The molecule has 27 heavy (non-hydrogen) atoms. The summed E-state index contributed by atoms with van der Waals surface area (Å²) in [5.74, 6) is 1.08. The van der Waals surface area contributed by atoms with Crippen molar-refractivity contribution in [3.8, 4) is 0 Å². The van der Waals surface area contributed by atoms with Crippen LogP contribution in [0.1, 0.15) is 59.3 Å². The van der Waals surface area contributed by atoms with Crippen molar-refractivity contribution in [1.82, 2.24) is 15.1 Å². The van der Waals surface area contributed by atoms with Crippen LogP contribution >= 0.6 is 0 Å². The molecule has 1 heterocycles. The second kappa shape index (κ2) is 16.1. The van der Waals surface area contributed by atoms with E-state index in [1.54, 1.807) is 7.11 Å². The minimum Gasteiger partial charge on any atom is -0.385 e. The summed E-state index contributed by atoms with van der Waals surface area (Å²) in [5.41, 5.74) is 0. The summed E-state index contributed by atoms with van der Waals surface area (Å²) in [6.07, 6.45) is 7.12. The first-order valence-electron chi connectivity index (χ1n) is 11.1. The number of rotatable bonds is 14. The van der Waals surface area contributed by atoms with Gasteiger partial charge in [0.1, 0.15) is 0 Å². The number of hydrogen-bond acceptors (Lipinski definition) is 4. The molecule has 0 radical (unpaired) electrons. The summed E-state index contributed by atoms with van der Waals surface area (Å²) in [7, 11) is 1.74. The van der Waals surface area contributed by atoms with Crippen molar-refractivity contribution >= 4 is 5.96 Å². The van der Waals surface area contributed by atoms with Gasteiger partial charge in [0.25, 0.3) is 0 Å². The molecule has 160 valence electrons. The van der Waals surface area contributed by atoms with Crippen LogP contribution in [0.15, 0.2) is 4.99 Å². The van der Waals surface area contributed by atoms with Gasteiger partial charge in [0, 0.05) is 46.5 Å². The summed E-state index contributed by atoms with van der Waals surface area (Å²) >= 11 is 0. The van der Waals surface area contributed by atoms with Crippen LogP contribution in [0.25, 0.3) is 0 Å². The second-order valence-corrected chi connectivity index (χ2v) is 7.33. The van der Waals surface area contributed by atoms with Crippen molar-refractivity contribution in [2.75, 3.05) is 66.1 Å². The molecular weight excluding hydrogens is 340 g/mol. The van der Waals surface area contributed by atoms with E-state index in [-0.39, 0.29) is 0 Å². The lowest BCUT2D eigenvalue weighted by molar-refractivity contribution is 0.00990. The van der Waals surface area contributed by atoms with Gasteiger partial charge in [-0.2, -0.15) is 0 Å². The Balaban J connectivity index is 2.34. The lowest BCUT2D eigenvalue weighted by Crippen LogP contribution is -2.47. The Morgan fingerprint density at radius 2 is 1.74 bits per heavy atom. The second-order valence-electron chi connectivity index (χ2n) is 7.33. The third-order valence-corrected chi connectivity index (χ3v) is 4.90. The molecule has 0 aromatic rings. The Morgan fingerprint density at radius 3 is 2.33 bits per heavy atom. The van der Waals surface area contributed by atoms with Crippen LogP contribution < -0.4 is 5.32 Å². The Morgan fingerprint density at radius 1 is 1.04 bits per heavy atom. The first-order chi connectivity index (χ1) is 13.2. The van der Waals surface area contributed by atoms with Gasteiger partial charge in [-0.05, 0) is 65.1 Å². The van der Waals surface area contributed by atoms with Crippen LogP contribution in [0.2, 0.25) is 0 Å². The molecule has 1 aliphatic heterocycles. The number of nitrogens with zero attached hydrogens (tertiary/aromatic N) is 3. The molecule has 1 aliphatic rings. The third kappa shape index (κ3) is 10.9. The summed E-state index contributed by atoms with van der Waals surface area (Å²) in [6.45, 7) is 15.7. The molecule has 1 fully saturated rings. The standard InChI is InChI=1S/C21H44N4O2/c1-5-13-24(14-6-2)15-8-12-23-21(22-7-3)25-16-10-20(11-17-25)27-19-9-18-26-4/h20H,5-19H2,1-4H3,(H,22,23). The minimum atomic E-state index is 0.387. The van der Waals surface area contributed by atoms with E-state index in [9.17, 15) is 0 Å². The van der Waals surface area contributed by atoms with Gasteiger partial charge in [-0.3, -0.25) is 4.99 Å². The van der Waals surface area contributed by atoms with Gasteiger partial charge in [-0.15, -0.1) is 0 Å². The number of methoxy groups -OCH3 is 1. The Kier molecular flexibility index (Phi) is 14.5. The molecule has 6 heteroatoms. The normalized spacial score (nSPS) is 16.3. The summed E-state index contributed by atoms with van der Waals surface area (Å²) in [6, 6.07) is 0. The number of guanidine groups is 1. The van der Waals surface area contributed by atoms with Gasteiger partial charge in [0.05, 0.1) is 6.10 Å². The van der Waals surface area contributed by atoms with E-state index in [2.05, 4.69) is 35.9 Å². The predicted octanol–water partition coefficient (Wildman–Crippen LogP) is 2.98. The highest BCUT2D eigenvalue weighted by Gasteiger charge is 2.21. The van der Waals surface area contributed by atoms with Gasteiger partial charge in [-0.25, -0.2) is 0 Å². The zero-order chi connectivity index (χ0) is 19.7. The molecule has 0 atom stereocenters. The molecule has 0 aromatic carbocycles. The fourth-order valence-electron chi connectivity index (χ4n) is 3.56. The van der Waals surface area contributed by atoms with Crippen LogP contribution in [-0.2, 0) is 9.47 Å². The molecule has 0 amide bonds. The molecule has 0 unspecified atom stereocenters. The van der Waals surface area contributed by atoms with Crippen molar-refractivity contribution in [3.63, 3.8) is 0 Å². The quantitative estimate of drug-likeness (QED) is 0.283. The van der Waals surface area contributed by atoms with Gasteiger partial charge in [-0.1, -0.05) is 13.8 Å². The molecule has 0 spiro atoms. The summed E-state index contributed by atoms with van der Waals surface area (Å²) in [4.78, 5) is 9.85. The minimum absolute atomic E-state index is 0.387. The Bertz CT molecular complexity index is 365. The van der Waals surface area contributed by atoms with Crippen LogP contribution in [0.4, 0.5) is 0 Å². The zero-order valence-corrected chi connectivity index (χ0v) is 18.3. The van der Waals surface area contributed by atoms with E-state index < -0.39 is 0 Å². The average Bonchev–Trinajstić information content (AvgIpc) is 2.68. The highest BCUT2D eigenvalue weighted by atomic mass is 16.5. The van der Waals surface area contributed by atoms with Gasteiger partial charge >= 0.3 is 0 Å². The molecule has 0 bridgehead atoms. The molecule has 0 aliphatic carbocycles. The average molecular weight is 385 g/mol. The molecule has 1 rings (SSSR count). The van der Waals surface area contributed by atoms with E-state index in [0.717, 1.165) is 77.6 Å². The first kappa shape index (κ1) is 24.2. The first-order valence-corrected chi connectivity index (χ1v) is 11.1. The third-order valence-electron chi connectivity index (χ3n) is 4.90. The van der Waals surface area contributed by atoms with Crippen molar-refractivity contribution in [3.05, 3.63) is 0 Å². The van der Waals surface area contributed by atoms with E-state index in [1.165, 1.54) is 25.9 Å². The topological polar surface area (TPSA) is 49.3 Å². The number of hydrogen-bond donors (Lipinski definition) is 1. The number of aliphatic imine (C=N–C) groups is 1. The van der Waals surface area contributed by atoms with Crippen molar-refractivity contribution in [2.45, 2.75) is 65.4 Å². The highest BCUT2D eigenvalue weighted by molar-refractivity contribution is 5.80. The molecule has 0 saturated carbocycles. The lowest BCUT2D eigenvalue weighted by atomic mass is 10.1. The molecular formula is C21H44N4O2. The largest absolute Gasteiger partial charge is 0.385 e. The predicted molar refractivity (Wildman–Crippen MR) is 115 cm³/mol. The monoisotopic (exact) mass is 384 g/mol. The zero-order valence-electron chi connectivity index (χ0n) is 18.3. The number of piperidine rings is 1. The van der Waals surface area contributed by atoms with Gasteiger partial charge < -0.3 is 24.6 Å². The van der Waals surface area contributed by atoms with E-state index in [1.807, 2.05) is 0 Å². The van der Waals surface area contributed by atoms with Gasteiger partial charge in [0.2, 0.25) is 0 Å². The van der Waals surface area contributed by atoms with Crippen molar-refractivity contribution in [1.29, 1.82) is 0 Å². The van der Waals surface area contributed by atoms with Crippen LogP contribution in [0.3, 0.4) is 0 Å². The Labute approximate surface area is 167 Å². The van der Waals surface area contributed by atoms with E-state index in [0.29, 0.717) is 6.10 Å². The highest BCUT2D eigenvalue weighted by Crippen LogP contribution is 2.14. The smallest absolute Gasteiger partial charge is 0.193 e. The molecule has 1 saturated heterocycles. The van der Waals surface area contributed by atoms with Crippen LogP contribution in [-0.4, -0.2) is 88.0 Å². The molecule has 0 aromatic heterocycles. The van der Waals surface area contributed by atoms with Crippen LogP contribution in [0.5, 0.6) is 0 Å². The maximum absolute atomic E-state index is 5.97. The Hall–Kier alpha value is -0.850. The molecule has 6 nitrogen and oxygen atoms in total. The fraction of sp³-hybridized carbons (Fsp3) is 0.952. The van der Waals surface area contributed by atoms with Crippen LogP contribution in [0, 0.1) is 0 Å². The summed E-state index contributed by atoms with van der Waals surface area (Å²) in [5, 5.41) is 3.47. The summed E-state index contributed by atoms with van der Waals surface area (Å²) < 4.78 is 11.1.